The maximum absolute atomic E-state index is 11.9. The first kappa shape index (κ1) is 21.0. The molecule has 2 aromatic rings. The van der Waals surface area contributed by atoms with Crippen molar-refractivity contribution in [3.05, 3.63) is 48.0 Å². The van der Waals surface area contributed by atoms with Gasteiger partial charge in [0, 0.05) is 6.08 Å². The predicted molar refractivity (Wildman–Crippen MR) is 105 cm³/mol. The van der Waals surface area contributed by atoms with Gasteiger partial charge in [-0.2, -0.15) is 0 Å². The summed E-state index contributed by atoms with van der Waals surface area (Å²) in [6.45, 7) is 0.376. The summed E-state index contributed by atoms with van der Waals surface area (Å²) in [6, 6.07) is 10.6. The molecular formula is C21H24O7. The Hall–Kier alpha value is -3.35. The predicted octanol–water partition coefficient (Wildman–Crippen LogP) is 3.36. The van der Waals surface area contributed by atoms with Crippen molar-refractivity contribution in [3.63, 3.8) is 0 Å². The molecule has 0 saturated carbocycles. The van der Waals surface area contributed by atoms with Gasteiger partial charge in [0.2, 0.25) is 5.75 Å². The highest BCUT2D eigenvalue weighted by molar-refractivity contribution is 5.87. The number of esters is 1. The van der Waals surface area contributed by atoms with Crippen LogP contribution in [0.3, 0.4) is 0 Å². The Bertz CT molecular complexity index is 772. The SMILES string of the molecule is COc1ccc(OCCOC(=O)/C=C/c2cc(OC)c(OC)c(OC)c2)cc1. The van der Waals surface area contributed by atoms with E-state index < -0.39 is 5.97 Å². The molecule has 0 saturated heterocycles. The van der Waals surface area contributed by atoms with Gasteiger partial charge in [0.1, 0.15) is 24.7 Å². The van der Waals surface area contributed by atoms with Crippen molar-refractivity contribution in [2.75, 3.05) is 41.7 Å². The van der Waals surface area contributed by atoms with Crippen molar-refractivity contribution in [3.8, 4) is 28.7 Å². The third-order valence-electron chi connectivity index (χ3n) is 3.75. The Kier molecular flexibility index (Phi) is 8.02. The van der Waals surface area contributed by atoms with Gasteiger partial charge in [0.25, 0.3) is 0 Å². The molecule has 0 unspecified atom stereocenters. The van der Waals surface area contributed by atoms with Crippen LogP contribution in [0.4, 0.5) is 0 Å². The van der Waals surface area contributed by atoms with Crippen LogP contribution in [0.25, 0.3) is 6.08 Å². The molecular weight excluding hydrogens is 364 g/mol. The number of hydrogen-bond donors (Lipinski definition) is 0. The highest BCUT2D eigenvalue weighted by Gasteiger charge is 2.12. The molecule has 0 heterocycles. The van der Waals surface area contributed by atoms with Crippen LogP contribution in [0.1, 0.15) is 5.56 Å². The molecule has 0 aromatic heterocycles. The summed E-state index contributed by atoms with van der Waals surface area (Å²) in [6.07, 6.45) is 2.94. The standard InChI is InChI=1S/C21H24O7/c1-23-16-6-8-17(9-7-16)27-11-12-28-20(22)10-5-15-13-18(24-2)21(26-4)19(14-15)25-3/h5-10,13-14H,11-12H2,1-4H3/b10-5+. The first-order chi connectivity index (χ1) is 13.6. The third kappa shape index (κ3) is 5.84. The van der Waals surface area contributed by atoms with Gasteiger partial charge in [-0.3, -0.25) is 0 Å². The van der Waals surface area contributed by atoms with Gasteiger partial charge in [0.05, 0.1) is 28.4 Å². The molecule has 0 amide bonds. The minimum Gasteiger partial charge on any atom is -0.497 e. The monoisotopic (exact) mass is 388 g/mol. The zero-order valence-corrected chi connectivity index (χ0v) is 16.4. The van der Waals surface area contributed by atoms with Crippen LogP contribution < -0.4 is 23.7 Å². The summed E-state index contributed by atoms with van der Waals surface area (Å²) in [4.78, 5) is 11.9. The second-order valence-electron chi connectivity index (χ2n) is 5.48. The Balaban J connectivity index is 1.85. The van der Waals surface area contributed by atoms with Crippen LogP contribution in [-0.4, -0.2) is 47.6 Å². The number of benzene rings is 2. The summed E-state index contributed by atoms with van der Waals surface area (Å²) in [5.74, 6) is 2.43. The van der Waals surface area contributed by atoms with Gasteiger partial charge >= 0.3 is 5.97 Å². The molecule has 2 rings (SSSR count). The van der Waals surface area contributed by atoms with Crippen LogP contribution in [0.15, 0.2) is 42.5 Å². The molecule has 7 nitrogen and oxygen atoms in total. The molecule has 150 valence electrons. The summed E-state index contributed by atoms with van der Waals surface area (Å²) in [5.41, 5.74) is 0.709. The summed E-state index contributed by atoms with van der Waals surface area (Å²) in [5, 5.41) is 0. The molecule has 28 heavy (non-hydrogen) atoms. The molecule has 0 aliphatic carbocycles. The number of ether oxygens (including phenoxy) is 6. The number of rotatable bonds is 10. The fraction of sp³-hybridized carbons (Fsp3) is 0.286. The minimum absolute atomic E-state index is 0.129. The normalized spacial score (nSPS) is 10.4. The molecule has 0 atom stereocenters. The summed E-state index contributed by atoms with van der Waals surface area (Å²) >= 11 is 0. The first-order valence-corrected chi connectivity index (χ1v) is 8.53. The average Bonchev–Trinajstić information content (AvgIpc) is 2.74. The minimum atomic E-state index is -0.480. The van der Waals surface area contributed by atoms with Crippen LogP contribution >= 0.6 is 0 Å². The van der Waals surface area contributed by atoms with E-state index in [4.69, 9.17) is 28.4 Å². The van der Waals surface area contributed by atoms with Gasteiger partial charge in [-0.05, 0) is 48.0 Å². The fourth-order valence-electron chi connectivity index (χ4n) is 2.38. The second-order valence-corrected chi connectivity index (χ2v) is 5.48. The Morgan fingerprint density at radius 1 is 0.821 bits per heavy atom. The zero-order valence-electron chi connectivity index (χ0n) is 16.4. The fourth-order valence-corrected chi connectivity index (χ4v) is 2.38. The van der Waals surface area contributed by atoms with Crippen molar-refractivity contribution < 1.29 is 33.2 Å². The largest absolute Gasteiger partial charge is 0.497 e. The molecule has 0 aliphatic heterocycles. The zero-order chi connectivity index (χ0) is 20.4. The van der Waals surface area contributed by atoms with E-state index >= 15 is 0 Å². The maximum atomic E-state index is 11.9. The van der Waals surface area contributed by atoms with E-state index in [1.165, 1.54) is 27.4 Å². The van der Waals surface area contributed by atoms with Gasteiger partial charge in [-0.15, -0.1) is 0 Å². The van der Waals surface area contributed by atoms with Gasteiger partial charge in [0.15, 0.2) is 11.5 Å². The van der Waals surface area contributed by atoms with Gasteiger partial charge in [-0.1, -0.05) is 0 Å². The van der Waals surface area contributed by atoms with E-state index in [9.17, 15) is 4.79 Å². The average molecular weight is 388 g/mol. The smallest absolute Gasteiger partial charge is 0.330 e. The Labute approximate surface area is 164 Å². The van der Waals surface area contributed by atoms with E-state index in [1.807, 2.05) is 0 Å². The molecule has 0 fully saturated rings. The van der Waals surface area contributed by atoms with Crippen LogP contribution in [0.2, 0.25) is 0 Å². The molecule has 0 bridgehead atoms. The summed E-state index contributed by atoms with van der Waals surface area (Å²) in [7, 11) is 6.19. The van der Waals surface area contributed by atoms with Crippen molar-refractivity contribution in [2.24, 2.45) is 0 Å². The molecule has 0 aliphatic rings. The first-order valence-electron chi connectivity index (χ1n) is 8.53. The van der Waals surface area contributed by atoms with Crippen molar-refractivity contribution in [2.45, 2.75) is 0 Å². The van der Waals surface area contributed by atoms with Gasteiger partial charge < -0.3 is 28.4 Å². The van der Waals surface area contributed by atoms with E-state index in [1.54, 1.807) is 49.6 Å². The highest BCUT2D eigenvalue weighted by Crippen LogP contribution is 2.38. The molecule has 0 radical (unpaired) electrons. The third-order valence-corrected chi connectivity index (χ3v) is 3.75. The lowest BCUT2D eigenvalue weighted by Crippen LogP contribution is -2.10. The number of carbonyl (C=O) groups is 1. The Morgan fingerprint density at radius 3 is 1.96 bits per heavy atom. The topological polar surface area (TPSA) is 72.5 Å². The molecule has 0 spiro atoms. The van der Waals surface area contributed by atoms with Gasteiger partial charge in [-0.25, -0.2) is 4.79 Å². The number of carbonyl (C=O) groups excluding carboxylic acids is 1. The van der Waals surface area contributed by atoms with Crippen molar-refractivity contribution in [1.82, 2.24) is 0 Å². The lowest BCUT2D eigenvalue weighted by Gasteiger charge is -2.12. The Morgan fingerprint density at radius 2 is 1.43 bits per heavy atom. The molecule has 0 N–H and O–H groups in total. The molecule has 7 heteroatoms. The second kappa shape index (κ2) is 10.7. The van der Waals surface area contributed by atoms with E-state index in [2.05, 4.69) is 0 Å². The summed E-state index contributed by atoms with van der Waals surface area (Å²) < 4.78 is 31.5. The number of methoxy groups -OCH3 is 4. The lowest BCUT2D eigenvalue weighted by molar-refractivity contribution is -0.138. The quantitative estimate of drug-likeness (QED) is 0.351. The highest BCUT2D eigenvalue weighted by atomic mass is 16.6. The molecule has 2 aromatic carbocycles. The van der Waals surface area contributed by atoms with Crippen molar-refractivity contribution in [1.29, 1.82) is 0 Å². The van der Waals surface area contributed by atoms with Crippen LogP contribution in [0, 0.1) is 0 Å². The maximum Gasteiger partial charge on any atom is 0.330 e. The van der Waals surface area contributed by atoms with E-state index in [-0.39, 0.29) is 13.2 Å². The van der Waals surface area contributed by atoms with E-state index in [0.29, 0.717) is 28.6 Å². The lowest BCUT2D eigenvalue weighted by atomic mass is 10.1. The van der Waals surface area contributed by atoms with Crippen LogP contribution in [-0.2, 0) is 9.53 Å². The van der Waals surface area contributed by atoms with E-state index in [0.717, 1.165) is 5.75 Å². The van der Waals surface area contributed by atoms with Crippen molar-refractivity contribution >= 4 is 12.0 Å². The number of hydrogen-bond acceptors (Lipinski definition) is 7. The van der Waals surface area contributed by atoms with Crippen LogP contribution in [0.5, 0.6) is 28.7 Å².